The number of rotatable bonds is 7. The van der Waals surface area contributed by atoms with Crippen LogP contribution in [0.1, 0.15) is 67.7 Å². The number of likely N-dealkylation sites (tertiary alicyclic amines) is 1. The number of carbonyl (C=O) groups excluding carboxylic acids is 1. The summed E-state index contributed by atoms with van der Waals surface area (Å²) in [5, 5.41) is 8.04. The van der Waals surface area contributed by atoms with Crippen molar-refractivity contribution in [3.05, 3.63) is 47.2 Å². The number of carbonyl (C=O) groups is 1. The van der Waals surface area contributed by atoms with Gasteiger partial charge in [-0.3, -0.25) is 9.69 Å². The summed E-state index contributed by atoms with van der Waals surface area (Å²) >= 11 is 0. The summed E-state index contributed by atoms with van der Waals surface area (Å²) < 4.78 is 5.58. The molecule has 1 amide bonds. The van der Waals surface area contributed by atoms with E-state index in [2.05, 4.69) is 27.2 Å². The van der Waals surface area contributed by atoms with Crippen LogP contribution in [-0.2, 0) is 19.5 Å². The first kappa shape index (κ1) is 19.5. The molecule has 1 aliphatic rings. The third-order valence-corrected chi connectivity index (χ3v) is 5.06. The van der Waals surface area contributed by atoms with Gasteiger partial charge in [-0.1, -0.05) is 25.5 Å². The minimum Gasteiger partial charge on any atom is -0.423 e. The van der Waals surface area contributed by atoms with Gasteiger partial charge in [0, 0.05) is 24.6 Å². The molecule has 0 radical (unpaired) electrons. The molecule has 6 nitrogen and oxygen atoms in total. The van der Waals surface area contributed by atoms with Crippen LogP contribution in [0.15, 0.2) is 28.7 Å². The van der Waals surface area contributed by atoms with E-state index >= 15 is 0 Å². The van der Waals surface area contributed by atoms with Gasteiger partial charge in [0.25, 0.3) is 5.91 Å². The average molecular weight is 370 g/mol. The van der Waals surface area contributed by atoms with Gasteiger partial charge in [-0.05, 0) is 57.5 Å². The Hall–Kier alpha value is -2.21. The molecule has 0 aliphatic carbocycles. The van der Waals surface area contributed by atoms with Crippen molar-refractivity contribution in [3.8, 4) is 0 Å². The predicted molar refractivity (Wildman–Crippen MR) is 104 cm³/mol. The van der Waals surface area contributed by atoms with Crippen molar-refractivity contribution in [2.75, 3.05) is 13.1 Å². The number of nitrogens with zero attached hydrogens (tertiary/aromatic N) is 4. The van der Waals surface area contributed by atoms with Crippen LogP contribution >= 0.6 is 0 Å². The molecule has 0 spiro atoms. The van der Waals surface area contributed by atoms with Crippen LogP contribution < -0.4 is 0 Å². The number of aromatic nitrogens is 2. The van der Waals surface area contributed by atoms with Crippen LogP contribution in [0.2, 0.25) is 0 Å². The monoisotopic (exact) mass is 370 g/mol. The fourth-order valence-electron chi connectivity index (χ4n) is 3.42. The summed E-state index contributed by atoms with van der Waals surface area (Å²) in [6, 6.07) is 8.05. The molecule has 1 aromatic carbocycles. The summed E-state index contributed by atoms with van der Waals surface area (Å²) in [7, 11) is 0. The first-order valence-electron chi connectivity index (χ1n) is 10.0. The first-order chi connectivity index (χ1) is 13.1. The van der Waals surface area contributed by atoms with Gasteiger partial charge in [-0.15, -0.1) is 10.2 Å². The molecule has 6 heteroatoms. The topological polar surface area (TPSA) is 62.5 Å². The summed E-state index contributed by atoms with van der Waals surface area (Å²) in [4.78, 5) is 17.3. The SMILES string of the molecule is CCc1nnc(CN(C(=O)c2ccc(CN3CCCCC3)cc2)C(C)C)o1. The Morgan fingerprint density at radius 3 is 2.37 bits per heavy atom. The number of benzene rings is 1. The summed E-state index contributed by atoms with van der Waals surface area (Å²) in [6.45, 7) is 9.61. The van der Waals surface area contributed by atoms with Gasteiger partial charge in [0.2, 0.25) is 11.8 Å². The number of amides is 1. The van der Waals surface area contributed by atoms with E-state index in [-0.39, 0.29) is 11.9 Å². The molecule has 27 heavy (non-hydrogen) atoms. The zero-order chi connectivity index (χ0) is 19.2. The van der Waals surface area contributed by atoms with Crippen LogP contribution in [0.4, 0.5) is 0 Å². The predicted octanol–water partition coefficient (Wildman–Crippen LogP) is 3.67. The Morgan fingerprint density at radius 2 is 1.78 bits per heavy atom. The van der Waals surface area contributed by atoms with E-state index in [9.17, 15) is 4.79 Å². The molecule has 0 unspecified atom stereocenters. The van der Waals surface area contributed by atoms with E-state index in [0.717, 1.165) is 6.54 Å². The zero-order valence-electron chi connectivity index (χ0n) is 16.6. The molecule has 0 atom stereocenters. The van der Waals surface area contributed by atoms with Crippen LogP contribution in [0.5, 0.6) is 0 Å². The molecule has 0 saturated carbocycles. The summed E-state index contributed by atoms with van der Waals surface area (Å²) in [5.74, 6) is 1.07. The quantitative estimate of drug-likeness (QED) is 0.744. The first-order valence-corrected chi connectivity index (χ1v) is 10.0. The molecule has 1 aromatic heterocycles. The lowest BCUT2D eigenvalue weighted by molar-refractivity contribution is 0.0671. The van der Waals surface area contributed by atoms with Gasteiger partial charge < -0.3 is 9.32 Å². The van der Waals surface area contributed by atoms with Crippen molar-refractivity contribution in [1.29, 1.82) is 0 Å². The van der Waals surface area contributed by atoms with Crippen LogP contribution in [0.3, 0.4) is 0 Å². The summed E-state index contributed by atoms with van der Waals surface area (Å²) in [6.07, 6.45) is 4.61. The molecule has 0 bridgehead atoms. The van der Waals surface area contributed by atoms with Crippen LogP contribution in [0.25, 0.3) is 0 Å². The number of piperidine rings is 1. The smallest absolute Gasteiger partial charge is 0.254 e. The fourth-order valence-corrected chi connectivity index (χ4v) is 3.42. The van der Waals surface area contributed by atoms with Gasteiger partial charge in [0.05, 0.1) is 6.54 Å². The minimum atomic E-state index is -0.00855. The third-order valence-electron chi connectivity index (χ3n) is 5.06. The lowest BCUT2D eigenvalue weighted by Gasteiger charge is -2.27. The van der Waals surface area contributed by atoms with Gasteiger partial charge in [-0.2, -0.15) is 0 Å². The van der Waals surface area contributed by atoms with E-state index in [4.69, 9.17) is 4.42 Å². The molecule has 0 N–H and O–H groups in total. The lowest BCUT2D eigenvalue weighted by atomic mass is 10.1. The highest BCUT2D eigenvalue weighted by atomic mass is 16.4. The molecule has 1 aliphatic heterocycles. The second kappa shape index (κ2) is 9.13. The van der Waals surface area contributed by atoms with Gasteiger partial charge in [0.1, 0.15) is 0 Å². The van der Waals surface area contributed by atoms with Crippen molar-refractivity contribution in [2.24, 2.45) is 0 Å². The highest BCUT2D eigenvalue weighted by Crippen LogP contribution is 2.16. The van der Waals surface area contributed by atoms with Crippen molar-refractivity contribution in [1.82, 2.24) is 20.0 Å². The van der Waals surface area contributed by atoms with Crippen LogP contribution in [-0.4, -0.2) is 45.0 Å². The highest BCUT2D eigenvalue weighted by Gasteiger charge is 2.22. The molecule has 1 fully saturated rings. The molecule has 2 aromatic rings. The fraction of sp³-hybridized carbons (Fsp3) is 0.571. The Kier molecular flexibility index (Phi) is 6.61. The van der Waals surface area contributed by atoms with Crippen molar-refractivity contribution in [3.63, 3.8) is 0 Å². The number of aryl methyl sites for hydroxylation is 1. The maximum Gasteiger partial charge on any atom is 0.254 e. The van der Waals surface area contributed by atoms with Crippen molar-refractivity contribution in [2.45, 2.75) is 65.6 Å². The Labute approximate surface area is 161 Å². The molecule has 3 rings (SSSR count). The van der Waals surface area contributed by atoms with E-state index in [1.807, 2.05) is 32.9 Å². The largest absolute Gasteiger partial charge is 0.423 e. The number of hydrogen-bond donors (Lipinski definition) is 0. The Morgan fingerprint density at radius 1 is 1.11 bits per heavy atom. The molecular formula is C21H30N4O2. The maximum absolute atomic E-state index is 13.0. The second-order valence-corrected chi connectivity index (χ2v) is 7.50. The molecule has 1 saturated heterocycles. The second-order valence-electron chi connectivity index (χ2n) is 7.50. The third kappa shape index (κ3) is 5.16. The number of hydrogen-bond acceptors (Lipinski definition) is 5. The zero-order valence-corrected chi connectivity index (χ0v) is 16.6. The van der Waals surface area contributed by atoms with Crippen molar-refractivity contribution < 1.29 is 9.21 Å². The van der Waals surface area contributed by atoms with Gasteiger partial charge in [-0.25, -0.2) is 0 Å². The highest BCUT2D eigenvalue weighted by molar-refractivity contribution is 5.94. The summed E-state index contributed by atoms with van der Waals surface area (Å²) in [5.41, 5.74) is 1.95. The van der Waals surface area contributed by atoms with E-state index < -0.39 is 0 Å². The lowest BCUT2D eigenvalue weighted by Crippen LogP contribution is -2.36. The van der Waals surface area contributed by atoms with Crippen molar-refractivity contribution >= 4 is 5.91 Å². The van der Waals surface area contributed by atoms with Gasteiger partial charge in [0.15, 0.2) is 0 Å². The van der Waals surface area contributed by atoms with E-state index in [0.29, 0.717) is 30.3 Å². The van der Waals surface area contributed by atoms with E-state index in [1.54, 1.807) is 4.90 Å². The van der Waals surface area contributed by atoms with E-state index in [1.165, 1.54) is 37.9 Å². The van der Waals surface area contributed by atoms with Crippen LogP contribution in [0, 0.1) is 0 Å². The minimum absolute atomic E-state index is 0.00855. The molecule has 146 valence electrons. The average Bonchev–Trinajstić information content (AvgIpc) is 3.15. The Bertz CT molecular complexity index is 733. The Balaban J connectivity index is 1.66. The molecule has 2 heterocycles. The normalized spacial score (nSPS) is 15.3. The molecular weight excluding hydrogens is 340 g/mol. The standard InChI is InChI=1S/C21H30N4O2/c1-4-19-22-23-20(27-19)15-25(16(2)3)21(26)18-10-8-17(9-11-18)14-24-12-6-5-7-13-24/h8-11,16H,4-7,12-15H2,1-3H3. The van der Waals surface area contributed by atoms with Gasteiger partial charge >= 0.3 is 0 Å². The maximum atomic E-state index is 13.0.